The second-order valence-electron chi connectivity index (χ2n) is 9.56. The van der Waals surface area contributed by atoms with Gasteiger partial charge in [-0.3, -0.25) is 9.69 Å². The van der Waals surface area contributed by atoms with Gasteiger partial charge >= 0.3 is 12.0 Å². The van der Waals surface area contributed by atoms with Crippen molar-refractivity contribution in [2.24, 2.45) is 4.99 Å². The lowest BCUT2D eigenvalue weighted by atomic mass is 9.93. The first-order chi connectivity index (χ1) is 20.4. The summed E-state index contributed by atoms with van der Waals surface area (Å²) in [5.74, 6) is -0.916. The van der Waals surface area contributed by atoms with E-state index in [4.69, 9.17) is 17.3 Å². The van der Waals surface area contributed by atoms with Gasteiger partial charge in [-0.1, -0.05) is 66.1 Å². The van der Waals surface area contributed by atoms with Gasteiger partial charge in [0.2, 0.25) is 0 Å². The molecule has 2 radical (unpaired) electrons. The van der Waals surface area contributed by atoms with E-state index in [1.54, 1.807) is 18.2 Å². The molecule has 0 aliphatic carbocycles. The fourth-order valence-electron chi connectivity index (χ4n) is 5.06. The molecule has 2 heterocycles. The van der Waals surface area contributed by atoms with Gasteiger partial charge in [0, 0.05) is 27.5 Å². The monoisotopic (exact) mass is 615 g/mol. The van der Waals surface area contributed by atoms with Gasteiger partial charge in [-0.05, 0) is 57.9 Å². The van der Waals surface area contributed by atoms with Crippen molar-refractivity contribution in [1.29, 1.82) is 0 Å². The zero-order valence-electron chi connectivity index (χ0n) is 22.6. The van der Waals surface area contributed by atoms with Crippen LogP contribution >= 0.6 is 15.9 Å². The summed E-state index contributed by atoms with van der Waals surface area (Å²) in [4.78, 5) is 31.8. The van der Waals surface area contributed by atoms with Crippen molar-refractivity contribution in [3.8, 4) is 5.69 Å². The number of aromatic nitrogens is 1. The molecule has 0 bridgehead atoms. The van der Waals surface area contributed by atoms with Gasteiger partial charge in [0.1, 0.15) is 7.85 Å². The highest BCUT2D eigenvalue weighted by molar-refractivity contribution is 9.10. The molecule has 1 fully saturated rings. The molecule has 0 unspecified atom stereocenters. The fraction of sp³-hybridized carbons (Fsp3) is 0.0606. The molecule has 1 aliphatic heterocycles. The average molecular weight is 616 g/mol. The third-order valence-corrected chi connectivity index (χ3v) is 7.51. The van der Waals surface area contributed by atoms with E-state index in [0.29, 0.717) is 9.94 Å². The first kappa shape index (κ1) is 27.3. The Balaban J connectivity index is 1.44. The molecule has 1 aliphatic rings. The number of para-hydroxylation sites is 2. The predicted molar refractivity (Wildman–Crippen MR) is 170 cm³/mol. The molecule has 1 saturated heterocycles. The molecule has 6 rings (SSSR count). The van der Waals surface area contributed by atoms with Crippen LogP contribution in [0.1, 0.15) is 15.9 Å². The van der Waals surface area contributed by atoms with Crippen molar-refractivity contribution in [3.05, 3.63) is 119 Å². The van der Waals surface area contributed by atoms with Crippen LogP contribution in [0.4, 0.5) is 5.69 Å². The minimum absolute atomic E-state index is 0.00327. The summed E-state index contributed by atoms with van der Waals surface area (Å²) in [6, 6.07) is 27.5. The Labute approximate surface area is 251 Å². The first-order valence-electron chi connectivity index (χ1n) is 13.1. The third-order valence-electron chi connectivity index (χ3n) is 6.91. The summed E-state index contributed by atoms with van der Waals surface area (Å²) >= 11 is 3.42. The van der Waals surface area contributed by atoms with E-state index in [-0.39, 0.29) is 35.5 Å². The van der Waals surface area contributed by atoms with Gasteiger partial charge in [-0.15, -0.1) is 6.58 Å². The van der Waals surface area contributed by atoms with E-state index in [9.17, 15) is 9.59 Å². The number of esters is 1. The van der Waals surface area contributed by atoms with Crippen molar-refractivity contribution in [1.82, 2.24) is 9.47 Å². The second-order valence-corrected chi connectivity index (χ2v) is 10.4. The molecule has 204 valence electrons. The van der Waals surface area contributed by atoms with Crippen molar-refractivity contribution >= 4 is 80.7 Å². The number of hydrogen-bond acceptors (Lipinski definition) is 5. The Morgan fingerprint density at radius 2 is 1.76 bits per heavy atom. The molecule has 42 heavy (non-hydrogen) atoms. The van der Waals surface area contributed by atoms with Crippen LogP contribution in [0.5, 0.6) is 0 Å². The number of carbonyl (C=O) groups excluding carboxylic acids is 2. The largest absolute Gasteiger partial charge is 0.465 e. The predicted octanol–water partition coefficient (Wildman–Crippen LogP) is 6.20. The quantitative estimate of drug-likeness (QED) is 0.0987. The van der Waals surface area contributed by atoms with E-state index in [2.05, 4.69) is 56.3 Å². The highest BCUT2D eigenvalue weighted by Crippen LogP contribution is 2.34. The number of ether oxygens (including phenoxy) is 2. The van der Waals surface area contributed by atoms with Crippen molar-refractivity contribution in [2.75, 3.05) is 13.7 Å². The number of benzene rings is 4. The Kier molecular flexibility index (Phi) is 7.26. The number of rotatable bonds is 6. The molecule has 0 atom stereocenters. The summed E-state index contributed by atoms with van der Waals surface area (Å²) in [5.41, 5.74) is 4.67. The van der Waals surface area contributed by atoms with E-state index in [0.717, 1.165) is 33.1 Å². The molecule has 7 nitrogen and oxygen atoms in total. The summed E-state index contributed by atoms with van der Waals surface area (Å²) in [5, 5.41) is 2.13. The normalized spacial score (nSPS) is 15.1. The summed E-state index contributed by atoms with van der Waals surface area (Å²) in [7, 11) is 7.21. The van der Waals surface area contributed by atoms with Gasteiger partial charge in [0.15, 0.2) is 5.76 Å². The minimum atomic E-state index is -0.624. The van der Waals surface area contributed by atoms with Gasteiger partial charge in [0.05, 0.1) is 29.4 Å². The molecule has 9 heteroatoms. The zero-order valence-corrected chi connectivity index (χ0v) is 24.2. The Bertz CT molecular complexity index is 1960. The zero-order chi connectivity index (χ0) is 29.4. The fourth-order valence-corrected chi connectivity index (χ4v) is 5.63. The van der Waals surface area contributed by atoms with Crippen LogP contribution in [-0.2, 0) is 14.3 Å². The molecule has 0 spiro atoms. The summed E-state index contributed by atoms with van der Waals surface area (Å²) in [6.07, 6.45) is 3.26. The smallest absolute Gasteiger partial charge is 0.340 e. The number of amides is 1. The third kappa shape index (κ3) is 4.82. The molecular formula is C33H23BBrN3O4. The highest BCUT2D eigenvalue weighted by atomic mass is 79.9. The molecule has 0 saturated carbocycles. The van der Waals surface area contributed by atoms with Crippen molar-refractivity contribution in [3.63, 3.8) is 0 Å². The van der Waals surface area contributed by atoms with E-state index in [1.165, 1.54) is 18.1 Å². The van der Waals surface area contributed by atoms with E-state index < -0.39 is 5.97 Å². The average Bonchev–Trinajstić information content (AvgIpc) is 3.48. The first-order valence-corrected chi connectivity index (χ1v) is 13.9. The molecule has 1 amide bonds. The van der Waals surface area contributed by atoms with Crippen LogP contribution in [0.3, 0.4) is 0 Å². The second kappa shape index (κ2) is 11.2. The van der Waals surface area contributed by atoms with Crippen LogP contribution in [0.25, 0.3) is 33.6 Å². The summed E-state index contributed by atoms with van der Waals surface area (Å²) in [6.45, 7) is 3.91. The van der Waals surface area contributed by atoms with Crippen LogP contribution < -0.4 is 5.46 Å². The Morgan fingerprint density at radius 3 is 2.52 bits per heavy atom. The maximum Gasteiger partial charge on any atom is 0.340 e. The van der Waals surface area contributed by atoms with Gasteiger partial charge in [-0.25, -0.2) is 4.79 Å². The Hall–Kier alpha value is -4.89. The number of aliphatic imine (C=N–C) groups is 1. The van der Waals surface area contributed by atoms with Crippen LogP contribution in [0.15, 0.2) is 113 Å². The molecule has 1 aromatic heterocycles. The topological polar surface area (TPSA) is 73.1 Å². The number of hydrogen-bond donors (Lipinski definition) is 0. The number of nitrogens with zero attached hydrogens (tertiary/aromatic N) is 3. The molecule has 0 N–H and O–H groups in total. The number of halogens is 1. The lowest BCUT2D eigenvalue weighted by Crippen LogP contribution is -2.29. The lowest BCUT2D eigenvalue weighted by molar-refractivity contribution is -0.122. The number of methoxy groups -OCH3 is 1. The van der Waals surface area contributed by atoms with E-state index in [1.807, 2.05) is 48.5 Å². The maximum atomic E-state index is 13.5. The maximum absolute atomic E-state index is 13.5. The highest BCUT2D eigenvalue weighted by Gasteiger charge is 2.35. The molecule has 4 aromatic carbocycles. The number of fused-ring (bicyclic) bond motifs is 3. The van der Waals surface area contributed by atoms with Crippen LogP contribution in [-0.4, -0.2) is 48.9 Å². The molecular weight excluding hydrogens is 593 g/mol. The lowest BCUT2D eigenvalue weighted by Gasteiger charge is -2.12. The molecule has 5 aromatic rings. The van der Waals surface area contributed by atoms with E-state index >= 15 is 0 Å². The van der Waals surface area contributed by atoms with Gasteiger partial charge in [0.25, 0.3) is 5.91 Å². The van der Waals surface area contributed by atoms with Gasteiger partial charge in [-0.2, -0.15) is 4.99 Å². The van der Waals surface area contributed by atoms with Crippen molar-refractivity contribution in [2.45, 2.75) is 0 Å². The van der Waals surface area contributed by atoms with Crippen molar-refractivity contribution < 1.29 is 19.1 Å². The SMILES string of the molecule is [B]c1cc(Br)c(N=C2O/C(=C/c3ccc4c(c3)c3ccccc3n4-c3ccccc3)C(=O)N2CC=C)c(C(=O)OC)c1. The summed E-state index contributed by atoms with van der Waals surface area (Å²) < 4.78 is 13.6. The minimum Gasteiger partial charge on any atom is -0.465 e. The standard InChI is InChI=1S/C33H23BBrN3O4/c1-3-15-37-31(39)29(42-33(37)36-30-25(32(40)41-2)18-21(34)19-26(30)35)17-20-13-14-28-24(16-20)23-11-7-8-12-27(23)38(28)22-9-5-4-6-10-22/h3-14,16-19H,1,15H2,2H3/b29-17+,36-33?. The number of amidine groups is 1. The Morgan fingerprint density at radius 1 is 1.02 bits per heavy atom. The number of carbonyl (C=O) groups is 2. The van der Waals surface area contributed by atoms with Gasteiger partial charge < -0.3 is 14.0 Å². The van der Waals surface area contributed by atoms with Crippen LogP contribution in [0, 0.1) is 0 Å². The van der Waals surface area contributed by atoms with Crippen LogP contribution in [0.2, 0.25) is 0 Å².